The minimum Gasteiger partial charge on any atom is -1.00 e. The molecule has 117 valence electrons. The van der Waals surface area contributed by atoms with Crippen molar-refractivity contribution in [3.8, 4) is 11.1 Å². The van der Waals surface area contributed by atoms with Gasteiger partial charge in [0, 0.05) is 28.1 Å². The Morgan fingerprint density at radius 3 is 2.50 bits per heavy atom. The van der Waals surface area contributed by atoms with Gasteiger partial charge in [-0.25, -0.2) is 12.2 Å². The molecule has 2 aliphatic rings. The summed E-state index contributed by atoms with van der Waals surface area (Å²) in [6, 6.07) is 17.4. The first kappa shape index (κ1) is 19.3. The molecule has 1 aromatic heterocycles. The monoisotopic (exact) mass is 428 g/mol. The maximum absolute atomic E-state index is 3.66. The van der Waals surface area contributed by atoms with Crippen LogP contribution in [0.2, 0.25) is 0 Å². The molecule has 3 aromatic rings. The van der Waals surface area contributed by atoms with Crippen LogP contribution in [0.15, 0.2) is 66.3 Å². The number of aromatic amines is 1. The van der Waals surface area contributed by atoms with Crippen LogP contribution >= 0.6 is 0 Å². The SMILES string of the molecule is [C-]1=C(C2c3ccccc3-c3c2[nH]c2ccccc32)CC=C1.[Cl-].[Cl-].[Zr+3]. The van der Waals surface area contributed by atoms with Gasteiger partial charge >= 0.3 is 26.2 Å². The molecule has 0 fully saturated rings. The van der Waals surface area contributed by atoms with Crippen LogP contribution in [0.25, 0.3) is 22.0 Å². The molecule has 5 rings (SSSR count). The molecule has 0 bridgehead atoms. The van der Waals surface area contributed by atoms with E-state index in [1.165, 1.54) is 38.9 Å². The van der Waals surface area contributed by atoms with E-state index in [9.17, 15) is 0 Å². The summed E-state index contributed by atoms with van der Waals surface area (Å²) in [5.41, 5.74) is 8.10. The fourth-order valence-electron chi connectivity index (χ4n) is 3.78. The van der Waals surface area contributed by atoms with Crippen molar-refractivity contribution >= 4 is 10.9 Å². The molecule has 4 heteroatoms. The van der Waals surface area contributed by atoms with Gasteiger partial charge < -0.3 is 29.8 Å². The number of hydrogen-bond donors (Lipinski definition) is 1. The Hall–Kier alpha value is -1.08. The Balaban J connectivity index is 0.000000694. The van der Waals surface area contributed by atoms with Gasteiger partial charge in [-0.2, -0.15) is 5.57 Å². The van der Waals surface area contributed by atoms with Crippen molar-refractivity contribution in [3.05, 3.63) is 83.6 Å². The van der Waals surface area contributed by atoms with E-state index < -0.39 is 0 Å². The van der Waals surface area contributed by atoms with E-state index in [0.29, 0.717) is 5.92 Å². The van der Waals surface area contributed by atoms with Crippen LogP contribution in [0.3, 0.4) is 0 Å². The van der Waals surface area contributed by atoms with Gasteiger partial charge in [0.25, 0.3) is 0 Å². The number of nitrogens with one attached hydrogen (secondary N) is 1. The normalized spacial score (nSPS) is 16.5. The Morgan fingerprint density at radius 1 is 0.958 bits per heavy atom. The van der Waals surface area contributed by atoms with Crippen LogP contribution in [0.5, 0.6) is 0 Å². The van der Waals surface area contributed by atoms with Crippen molar-refractivity contribution in [2.24, 2.45) is 0 Å². The van der Waals surface area contributed by atoms with E-state index in [2.05, 4.69) is 71.7 Å². The summed E-state index contributed by atoms with van der Waals surface area (Å²) in [6.07, 6.45) is 8.70. The topological polar surface area (TPSA) is 15.8 Å². The van der Waals surface area contributed by atoms with E-state index in [0.717, 1.165) is 6.42 Å². The fourth-order valence-corrected chi connectivity index (χ4v) is 3.78. The summed E-state index contributed by atoms with van der Waals surface area (Å²) in [6.45, 7) is 0. The molecule has 1 nitrogen and oxygen atoms in total. The molecule has 1 heterocycles. The molecule has 1 atom stereocenters. The molecular weight excluding hydrogens is 416 g/mol. The van der Waals surface area contributed by atoms with Gasteiger partial charge in [0.05, 0.1) is 0 Å². The molecule has 0 saturated heterocycles. The summed E-state index contributed by atoms with van der Waals surface area (Å²) in [4.78, 5) is 3.66. The van der Waals surface area contributed by atoms with Crippen molar-refractivity contribution in [2.75, 3.05) is 0 Å². The third-order valence-electron chi connectivity index (χ3n) is 4.64. The predicted molar refractivity (Wildman–Crippen MR) is 86.1 cm³/mol. The van der Waals surface area contributed by atoms with Crippen molar-refractivity contribution in [1.82, 2.24) is 4.98 Å². The van der Waals surface area contributed by atoms with Crippen molar-refractivity contribution in [2.45, 2.75) is 12.3 Å². The van der Waals surface area contributed by atoms with E-state index >= 15 is 0 Å². The van der Waals surface area contributed by atoms with Crippen LogP contribution in [0, 0.1) is 6.08 Å². The first-order valence-electron chi connectivity index (χ1n) is 7.40. The maximum Gasteiger partial charge on any atom is 3.00 e. The van der Waals surface area contributed by atoms with Crippen LogP contribution < -0.4 is 24.8 Å². The van der Waals surface area contributed by atoms with Gasteiger partial charge in [-0.05, 0) is 17.2 Å². The van der Waals surface area contributed by atoms with E-state index in [4.69, 9.17) is 0 Å². The minimum atomic E-state index is 0. The van der Waals surface area contributed by atoms with Crippen LogP contribution in [-0.2, 0) is 26.2 Å². The third kappa shape index (κ3) is 2.66. The number of allylic oxidation sites excluding steroid dienone is 4. The molecular formula is C20H14Cl2NZr. The Labute approximate surface area is 173 Å². The number of rotatable bonds is 1. The maximum atomic E-state index is 3.66. The minimum absolute atomic E-state index is 0. The largest absolute Gasteiger partial charge is 3.00 e. The average Bonchev–Trinajstić information content (AvgIpc) is 3.21. The summed E-state index contributed by atoms with van der Waals surface area (Å²) in [7, 11) is 0. The van der Waals surface area contributed by atoms with E-state index in [1.807, 2.05) is 0 Å². The quantitative estimate of drug-likeness (QED) is 0.476. The second kappa shape index (κ2) is 7.44. The van der Waals surface area contributed by atoms with Gasteiger partial charge in [-0.15, -0.1) is 0 Å². The standard InChI is InChI=1S/C20H14N.2ClH.Zr/c1-2-8-13(7-1)18-14-9-3-4-10-15(14)19-16-11-5-6-12-17(16)21-20(18)19;;;/h1-6,9-12,18,21H,7H2;2*1H;/q-1;;;+3/p-2. The molecule has 0 amide bonds. The molecule has 0 saturated carbocycles. The molecule has 2 aliphatic carbocycles. The average molecular weight is 430 g/mol. The van der Waals surface area contributed by atoms with Crippen LogP contribution in [-0.4, -0.2) is 4.98 Å². The molecule has 1 radical (unpaired) electrons. The summed E-state index contributed by atoms with van der Waals surface area (Å²) in [5, 5.41) is 1.33. The molecule has 2 aromatic carbocycles. The van der Waals surface area contributed by atoms with Gasteiger partial charge in [-0.3, -0.25) is 6.08 Å². The number of hydrogen-bond acceptors (Lipinski definition) is 0. The predicted octanol–water partition coefficient (Wildman–Crippen LogP) is -1.02. The number of aromatic nitrogens is 1. The number of benzene rings is 2. The second-order valence-corrected chi connectivity index (χ2v) is 5.76. The van der Waals surface area contributed by atoms with Gasteiger partial charge in [0.15, 0.2) is 0 Å². The Morgan fingerprint density at radius 2 is 1.71 bits per heavy atom. The smallest absolute Gasteiger partial charge is 1.00 e. The van der Waals surface area contributed by atoms with Gasteiger partial charge in [0.1, 0.15) is 0 Å². The van der Waals surface area contributed by atoms with E-state index in [1.54, 1.807) is 0 Å². The zero-order valence-corrected chi connectivity index (χ0v) is 16.8. The number of fused-ring (bicyclic) bond motifs is 5. The van der Waals surface area contributed by atoms with Gasteiger partial charge in [-0.1, -0.05) is 48.9 Å². The number of H-pyrrole nitrogens is 1. The van der Waals surface area contributed by atoms with Crippen molar-refractivity contribution in [3.63, 3.8) is 0 Å². The second-order valence-electron chi connectivity index (χ2n) is 5.76. The summed E-state index contributed by atoms with van der Waals surface area (Å²) in [5.74, 6) is 0.332. The fraction of sp³-hybridized carbons (Fsp3) is 0.100. The van der Waals surface area contributed by atoms with Gasteiger partial charge in [0.2, 0.25) is 0 Å². The van der Waals surface area contributed by atoms with Crippen molar-refractivity contribution in [1.29, 1.82) is 0 Å². The first-order chi connectivity index (χ1) is 10.4. The Kier molecular flexibility index (Phi) is 5.97. The van der Waals surface area contributed by atoms with Crippen LogP contribution in [0.4, 0.5) is 0 Å². The number of para-hydroxylation sites is 1. The summed E-state index contributed by atoms with van der Waals surface area (Å²) >= 11 is 0. The summed E-state index contributed by atoms with van der Waals surface area (Å²) < 4.78 is 0. The first-order valence-corrected chi connectivity index (χ1v) is 7.40. The third-order valence-corrected chi connectivity index (χ3v) is 4.64. The van der Waals surface area contributed by atoms with E-state index in [-0.39, 0.29) is 51.0 Å². The van der Waals surface area contributed by atoms with Crippen molar-refractivity contribution < 1.29 is 51.0 Å². The molecule has 0 spiro atoms. The zero-order valence-electron chi connectivity index (χ0n) is 12.8. The molecule has 1 N–H and O–H groups in total. The Bertz CT molecular complexity index is 940. The number of halogens is 2. The molecule has 24 heavy (non-hydrogen) atoms. The zero-order chi connectivity index (χ0) is 13.8. The molecule has 1 unspecified atom stereocenters. The molecule has 0 aliphatic heterocycles. The van der Waals surface area contributed by atoms with Crippen LogP contribution in [0.1, 0.15) is 23.6 Å².